The number of amides is 1. The van der Waals surface area contributed by atoms with Crippen molar-refractivity contribution in [3.8, 4) is 28.3 Å². The zero-order chi connectivity index (χ0) is 42.8. The van der Waals surface area contributed by atoms with Crippen molar-refractivity contribution in [2.24, 2.45) is 5.73 Å². The molecule has 4 N–H and O–H groups in total. The summed E-state index contributed by atoms with van der Waals surface area (Å²) in [6.45, 7) is 21.6. The molecule has 57 heavy (non-hydrogen) atoms. The number of ether oxygens (including phenoxy) is 3. The fourth-order valence-corrected chi connectivity index (χ4v) is 7.03. The Bertz CT molecular complexity index is 2260. The van der Waals surface area contributed by atoms with Crippen molar-refractivity contribution in [1.29, 1.82) is 0 Å². The highest BCUT2D eigenvalue weighted by Gasteiger charge is 2.48. The summed E-state index contributed by atoms with van der Waals surface area (Å²) < 4.78 is 16.6. The van der Waals surface area contributed by atoms with Gasteiger partial charge in [-0.15, -0.1) is 0 Å². The van der Waals surface area contributed by atoms with Crippen molar-refractivity contribution >= 4 is 28.6 Å². The molecule has 0 atom stereocenters. The number of aromatic nitrogens is 2. The molecule has 11 nitrogen and oxygen atoms in total. The third-order valence-corrected chi connectivity index (χ3v) is 9.84. The lowest BCUT2D eigenvalue weighted by molar-refractivity contribution is -0.158. The number of nitrogens with two attached hydrogens (primary N) is 1. The van der Waals surface area contributed by atoms with Gasteiger partial charge in [0.1, 0.15) is 33.9 Å². The number of carbonyl (C=O) groups excluding carboxylic acids is 3. The summed E-state index contributed by atoms with van der Waals surface area (Å²) in [5.74, 6) is -1.21. The van der Waals surface area contributed by atoms with Crippen LogP contribution in [0.1, 0.15) is 102 Å². The number of rotatable bonds is 6. The minimum Gasteiger partial charge on any atom is -0.508 e. The Hall–Kier alpha value is -5.65. The van der Waals surface area contributed by atoms with E-state index in [1.54, 1.807) is 79.9 Å². The fraction of sp³-hybridized carbons (Fsp3) is 0.370. The largest absolute Gasteiger partial charge is 0.508 e. The van der Waals surface area contributed by atoms with Crippen molar-refractivity contribution in [2.45, 2.75) is 105 Å². The zero-order valence-corrected chi connectivity index (χ0v) is 35.2. The van der Waals surface area contributed by atoms with Gasteiger partial charge in [-0.25, -0.2) is 9.97 Å². The van der Waals surface area contributed by atoms with Crippen LogP contribution in [0.5, 0.6) is 6.01 Å². The van der Waals surface area contributed by atoms with Crippen molar-refractivity contribution in [1.82, 2.24) is 9.97 Å². The Balaban J connectivity index is 0.000000242. The number of benzene rings is 3. The lowest BCUT2D eigenvalue weighted by Crippen LogP contribution is -2.49. The molecule has 4 aromatic rings. The standard InChI is InChI=1S/C23H25NO4.C21H24N2O4.C2H6/c1-13-10-11-14(15-8-6-7-9-16(15)21(24)27)12-17(13)18-19(25)22(2,3)28-23(4,5)20(18)26;1-12-7-8-13(14-10-22-19(26-6)23-11-14)9-15(12)16-17(24)20(2,3)27-21(4,5)18(16)25;1-2/h6-12,25H,1-5H3,(H2,24,27);7-11,24H,1-6H3;1-2H3. The average molecular weight is 778 g/mol. The first-order chi connectivity index (χ1) is 26.5. The van der Waals surface area contributed by atoms with Crippen LogP contribution in [-0.2, 0) is 19.1 Å². The first-order valence-corrected chi connectivity index (χ1v) is 18.9. The smallest absolute Gasteiger partial charge is 0.316 e. The molecule has 0 bridgehead atoms. The molecule has 1 amide bonds. The minimum absolute atomic E-state index is 0.0574. The monoisotopic (exact) mass is 777 g/mol. The van der Waals surface area contributed by atoms with Gasteiger partial charge in [0.2, 0.25) is 5.91 Å². The second kappa shape index (κ2) is 16.4. The van der Waals surface area contributed by atoms with E-state index in [0.29, 0.717) is 27.8 Å². The summed E-state index contributed by atoms with van der Waals surface area (Å²) in [6, 6.07) is 18.6. The molecule has 0 saturated carbocycles. The van der Waals surface area contributed by atoms with Crippen LogP contribution in [0.25, 0.3) is 33.4 Å². The van der Waals surface area contributed by atoms with Gasteiger partial charge >= 0.3 is 6.01 Å². The van der Waals surface area contributed by atoms with Gasteiger partial charge in [0.05, 0.1) is 18.3 Å². The highest BCUT2D eigenvalue weighted by molar-refractivity contribution is 6.27. The number of aliphatic hydroxyl groups is 2. The number of hydrogen-bond donors (Lipinski definition) is 3. The molecule has 2 aliphatic rings. The quantitative estimate of drug-likeness (QED) is 0.172. The van der Waals surface area contributed by atoms with E-state index in [1.165, 1.54) is 7.11 Å². The zero-order valence-electron chi connectivity index (χ0n) is 35.2. The van der Waals surface area contributed by atoms with Gasteiger partial charge in [-0.1, -0.05) is 56.3 Å². The van der Waals surface area contributed by atoms with Crippen LogP contribution in [-0.4, -0.2) is 67.2 Å². The summed E-state index contributed by atoms with van der Waals surface area (Å²) >= 11 is 0. The lowest BCUT2D eigenvalue weighted by atomic mass is 9.81. The molecule has 0 fully saturated rings. The van der Waals surface area contributed by atoms with Crippen molar-refractivity contribution < 1.29 is 38.8 Å². The second-order valence-electron chi connectivity index (χ2n) is 15.8. The first kappa shape index (κ1) is 44.1. The van der Waals surface area contributed by atoms with Crippen LogP contribution in [0.2, 0.25) is 0 Å². The molecular formula is C46H55N3O8. The van der Waals surface area contributed by atoms with E-state index in [9.17, 15) is 24.6 Å². The number of primary amides is 1. The molecule has 0 radical (unpaired) electrons. The Kier molecular flexibility index (Phi) is 12.7. The molecular weight excluding hydrogens is 723 g/mol. The SMILES string of the molecule is CC.COc1ncc(-c2ccc(C)c(C3=C(O)C(C)(C)OC(C)(C)C3=O)c2)cn1.Cc1ccc(-c2ccccc2C(N)=O)cc1C1=C(O)C(C)(C)OC(C)(C)C1=O. The number of ketones is 2. The summed E-state index contributed by atoms with van der Waals surface area (Å²) in [7, 11) is 1.51. The predicted molar refractivity (Wildman–Crippen MR) is 223 cm³/mol. The van der Waals surface area contributed by atoms with E-state index >= 15 is 0 Å². The third-order valence-electron chi connectivity index (χ3n) is 9.84. The topological polar surface area (TPSA) is 171 Å². The maximum Gasteiger partial charge on any atom is 0.316 e. The van der Waals surface area contributed by atoms with E-state index in [4.69, 9.17) is 19.9 Å². The number of carbonyl (C=O) groups is 3. The molecule has 302 valence electrons. The van der Waals surface area contributed by atoms with Crippen molar-refractivity contribution in [3.63, 3.8) is 0 Å². The van der Waals surface area contributed by atoms with Crippen LogP contribution in [0.3, 0.4) is 0 Å². The summed E-state index contributed by atoms with van der Waals surface area (Å²) in [4.78, 5) is 46.2. The van der Waals surface area contributed by atoms with Crippen molar-refractivity contribution in [2.75, 3.05) is 7.11 Å². The molecule has 0 saturated heterocycles. The van der Waals surface area contributed by atoms with Crippen LogP contribution in [0.15, 0.2) is 84.6 Å². The van der Waals surface area contributed by atoms with E-state index in [1.807, 2.05) is 76.2 Å². The molecule has 1 aromatic heterocycles. The van der Waals surface area contributed by atoms with Crippen LogP contribution >= 0.6 is 0 Å². The van der Waals surface area contributed by atoms with Gasteiger partial charge in [-0.2, -0.15) is 0 Å². The van der Waals surface area contributed by atoms with Crippen LogP contribution in [0.4, 0.5) is 0 Å². The fourth-order valence-electron chi connectivity index (χ4n) is 7.03. The average Bonchev–Trinajstić information content (AvgIpc) is 3.15. The molecule has 0 unspecified atom stereocenters. The Labute approximate surface area is 335 Å². The predicted octanol–water partition coefficient (Wildman–Crippen LogP) is 9.10. The molecule has 0 aliphatic carbocycles. The van der Waals surface area contributed by atoms with E-state index < -0.39 is 28.3 Å². The van der Waals surface area contributed by atoms with Crippen LogP contribution in [0, 0.1) is 13.8 Å². The van der Waals surface area contributed by atoms with Gasteiger partial charge in [0.15, 0.2) is 11.6 Å². The normalized spacial score (nSPS) is 17.8. The second-order valence-corrected chi connectivity index (χ2v) is 15.8. The van der Waals surface area contributed by atoms with E-state index in [0.717, 1.165) is 27.8 Å². The van der Waals surface area contributed by atoms with Crippen LogP contribution < -0.4 is 10.5 Å². The Morgan fingerprint density at radius 2 is 1.05 bits per heavy atom. The van der Waals surface area contributed by atoms with E-state index in [-0.39, 0.29) is 34.7 Å². The summed E-state index contributed by atoms with van der Waals surface area (Å²) in [5.41, 5.74) is 8.46. The summed E-state index contributed by atoms with van der Waals surface area (Å²) in [6.07, 6.45) is 3.32. The Morgan fingerprint density at radius 3 is 1.49 bits per heavy atom. The van der Waals surface area contributed by atoms with Crippen molar-refractivity contribution in [3.05, 3.63) is 112 Å². The number of aliphatic hydroxyl groups excluding tert-OH is 2. The highest BCUT2D eigenvalue weighted by atomic mass is 16.5. The molecule has 2 aliphatic heterocycles. The molecule has 3 heterocycles. The third kappa shape index (κ3) is 8.85. The maximum absolute atomic E-state index is 13.1. The number of aryl methyl sites for hydroxylation is 2. The van der Waals surface area contributed by atoms with Gasteiger partial charge < -0.3 is 30.2 Å². The maximum atomic E-state index is 13.1. The minimum atomic E-state index is -1.07. The molecule has 11 heteroatoms. The van der Waals surface area contributed by atoms with Gasteiger partial charge in [-0.05, 0) is 126 Å². The van der Waals surface area contributed by atoms with Gasteiger partial charge in [0, 0.05) is 23.5 Å². The molecule has 3 aromatic carbocycles. The number of hydrogen-bond acceptors (Lipinski definition) is 10. The Morgan fingerprint density at radius 1 is 0.632 bits per heavy atom. The van der Waals surface area contributed by atoms with E-state index in [2.05, 4.69) is 9.97 Å². The first-order valence-electron chi connectivity index (χ1n) is 18.9. The molecule has 6 rings (SSSR count). The summed E-state index contributed by atoms with van der Waals surface area (Å²) in [5, 5.41) is 21.6. The lowest BCUT2D eigenvalue weighted by Gasteiger charge is -2.40. The van der Waals surface area contributed by atoms with Gasteiger partial charge in [0.25, 0.3) is 0 Å². The number of methoxy groups -OCH3 is 1. The highest BCUT2D eigenvalue weighted by Crippen LogP contribution is 2.43. The number of nitrogens with zero attached hydrogens (tertiary/aromatic N) is 2. The number of Topliss-reactive ketones (excluding diaryl/α,β-unsaturated/α-hetero) is 2. The molecule has 0 spiro atoms. The van der Waals surface area contributed by atoms with Gasteiger partial charge in [-0.3, -0.25) is 14.4 Å².